The molecule has 3 atom stereocenters. The summed E-state index contributed by atoms with van der Waals surface area (Å²) < 4.78 is 17.5. The van der Waals surface area contributed by atoms with Crippen LogP contribution >= 0.6 is 0 Å². The summed E-state index contributed by atoms with van der Waals surface area (Å²) >= 11 is 0. The van der Waals surface area contributed by atoms with Gasteiger partial charge in [-0.3, -0.25) is 4.21 Å². The van der Waals surface area contributed by atoms with E-state index >= 15 is 0 Å². The summed E-state index contributed by atoms with van der Waals surface area (Å²) in [6, 6.07) is 0.668. The molecule has 2 fully saturated rings. The van der Waals surface area contributed by atoms with Gasteiger partial charge in [-0.1, -0.05) is 6.42 Å². The van der Waals surface area contributed by atoms with E-state index in [1.165, 1.54) is 19.3 Å². The van der Waals surface area contributed by atoms with Crippen LogP contribution in [0.5, 0.6) is 0 Å². The predicted octanol–water partition coefficient (Wildman–Crippen LogP) is 1.69. The maximum atomic E-state index is 12.2. The highest BCUT2D eigenvalue weighted by molar-refractivity contribution is 7.85. The molecule has 0 aromatic heterocycles. The summed E-state index contributed by atoms with van der Waals surface area (Å²) in [6.07, 6.45) is 7.07. The zero-order valence-corrected chi connectivity index (χ0v) is 11.6. The first-order valence-electron chi connectivity index (χ1n) is 6.93. The molecule has 1 N–H and O–H groups in total. The zero-order chi connectivity index (χ0) is 12.1. The molecule has 1 saturated heterocycles. The molecule has 1 aliphatic carbocycles. The molecule has 0 radical (unpaired) electrons. The van der Waals surface area contributed by atoms with E-state index in [9.17, 15) is 4.21 Å². The quantitative estimate of drug-likeness (QED) is 0.816. The van der Waals surface area contributed by atoms with Gasteiger partial charge in [0.25, 0.3) is 0 Å². The van der Waals surface area contributed by atoms with Crippen LogP contribution in [-0.4, -0.2) is 41.5 Å². The summed E-state index contributed by atoms with van der Waals surface area (Å²) in [5.74, 6) is 1.65. The predicted molar refractivity (Wildman–Crippen MR) is 71.7 cm³/mol. The van der Waals surface area contributed by atoms with Gasteiger partial charge in [0.2, 0.25) is 0 Å². The Morgan fingerprint density at radius 1 is 1.24 bits per heavy atom. The fourth-order valence-corrected chi connectivity index (χ4v) is 4.72. The smallest absolute Gasteiger partial charge is 0.0477 e. The lowest BCUT2D eigenvalue weighted by Gasteiger charge is -2.23. The fraction of sp³-hybridized carbons (Fsp3) is 1.00. The van der Waals surface area contributed by atoms with Gasteiger partial charge in [-0.2, -0.15) is 0 Å². The summed E-state index contributed by atoms with van der Waals surface area (Å²) in [5.41, 5.74) is 0. The van der Waals surface area contributed by atoms with Crippen molar-refractivity contribution in [3.8, 4) is 0 Å². The van der Waals surface area contributed by atoms with Crippen molar-refractivity contribution in [3.63, 3.8) is 0 Å². The van der Waals surface area contributed by atoms with Crippen molar-refractivity contribution >= 4 is 10.8 Å². The van der Waals surface area contributed by atoms with Crippen molar-refractivity contribution < 1.29 is 8.95 Å². The molecule has 1 heterocycles. The van der Waals surface area contributed by atoms with E-state index in [0.29, 0.717) is 11.3 Å². The minimum Gasteiger partial charge on any atom is -0.381 e. The molecule has 3 nitrogen and oxygen atoms in total. The lowest BCUT2D eigenvalue weighted by atomic mass is 10.0. The molecule has 1 aliphatic heterocycles. The fourth-order valence-electron chi connectivity index (χ4n) is 3.14. The standard InChI is InChI=1S/C13H25NO2S/c1-14-13-4-2-3-11(13)7-10-17(15)12-5-8-16-9-6-12/h11-14H,2-10H2,1H3. The topological polar surface area (TPSA) is 38.3 Å². The van der Waals surface area contributed by atoms with Gasteiger partial charge in [0.05, 0.1) is 0 Å². The second-order valence-electron chi connectivity index (χ2n) is 5.27. The van der Waals surface area contributed by atoms with E-state index in [2.05, 4.69) is 12.4 Å². The molecule has 0 aromatic carbocycles. The second kappa shape index (κ2) is 6.86. The molecule has 4 heteroatoms. The van der Waals surface area contributed by atoms with Gasteiger partial charge in [0.15, 0.2) is 0 Å². The Morgan fingerprint density at radius 3 is 2.71 bits per heavy atom. The van der Waals surface area contributed by atoms with Crippen LogP contribution in [0.4, 0.5) is 0 Å². The Balaban J connectivity index is 1.71. The lowest BCUT2D eigenvalue weighted by molar-refractivity contribution is 0.0992. The maximum Gasteiger partial charge on any atom is 0.0477 e. The van der Waals surface area contributed by atoms with Crippen LogP contribution in [0.3, 0.4) is 0 Å². The number of hydrogen-bond acceptors (Lipinski definition) is 3. The van der Waals surface area contributed by atoms with E-state index < -0.39 is 10.8 Å². The minimum absolute atomic E-state index is 0.401. The molecule has 0 bridgehead atoms. The molecule has 0 amide bonds. The average Bonchev–Trinajstić information content (AvgIpc) is 2.84. The van der Waals surface area contributed by atoms with E-state index in [0.717, 1.165) is 44.1 Å². The van der Waals surface area contributed by atoms with Crippen LogP contribution in [0.2, 0.25) is 0 Å². The van der Waals surface area contributed by atoms with Crippen molar-refractivity contribution in [3.05, 3.63) is 0 Å². The van der Waals surface area contributed by atoms with Crippen molar-refractivity contribution in [2.24, 2.45) is 5.92 Å². The molecule has 2 rings (SSSR count). The molecular weight excluding hydrogens is 234 g/mol. The van der Waals surface area contributed by atoms with Gasteiger partial charge < -0.3 is 10.1 Å². The zero-order valence-electron chi connectivity index (χ0n) is 10.8. The SMILES string of the molecule is CNC1CCCC1CCS(=O)C1CCOCC1. The summed E-state index contributed by atoms with van der Waals surface area (Å²) in [5, 5.41) is 3.80. The largest absolute Gasteiger partial charge is 0.381 e. The Kier molecular flexibility index (Phi) is 5.45. The molecule has 2 aliphatic rings. The summed E-state index contributed by atoms with van der Waals surface area (Å²) in [7, 11) is 1.43. The van der Waals surface area contributed by atoms with Crippen LogP contribution in [-0.2, 0) is 15.5 Å². The van der Waals surface area contributed by atoms with Gasteiger partial charge in [-0.25, -0.2) is 0 Å². The highest BCUT2D eigenvalue weighted by Crippen LogP contribution is 2.28. The van der Waals surface area contributed by atoms with Gasteiger partial charge in [0, 0.05) is 41.1 Å². The first kappa shape index (κ1) is 13.5. The van der Waals surface area contributed by atoms with Crippen LogP contribution in [0.25, 0.3) is 0 Å². The highest BCUT2D eigenvalue weighted by atomic mass is 32.2. The summed E-state index contributed by atoms with van der Waals surface area (Å²) in [6.45, 7) is 1.61. The number of ether oxygens (including phenoxy) is 1. The van der Waals surface area contributed by atoms with Crippen molar-refractivity contribution in [1.82, 2.24) is 5.32 Å². The van der Waals surface area contributed by atoms with Crippen molar-refractivity contribution in [2.75, 3.05) is 26.0 Å². The molecule has 100 valence electrons. The van der Waals surface area contributed by atoms with E-state index in [1.807, 2.05) is 0 Å². The first-order chi connectivity index (χ1) is 8.31. The van der Waals surface area contributed by atoms with Crippen LogP contribution in [0.15, 0.2) is 0 Å². The van der Waals surface area contributed by atoms with Crippen LogP contribution in [0.1, 0.15) is 38.5 Å². The monoisotopic (exact) mass is 259 g/mol. The third-order valence-corrected chi connectivity index (χ3v) is 6.11. The van der Waals surface area contributed by atoms with Crippen molar-refractivity contribution in [2.45, 2.75) is 49.8 Å². The number of hydrogen-bond donors (Lipinski definition) is 1. The third kappa shape index (κ3) is 3.76. The van der Waals surface area contributed by atoms with E-state index in [-0.39, 0.29) is 0 Å². The first-order valence-corrected chi connectivity index (χ1v) is 8.31. The lowest BCUT2D eigenvalue weighted by Crippen LogP contribution is -2.31. The average molecular weight is 259 g/mol. The molecular formula is C13H25NO2S. The van der Waals surface area contributed by atoms with Crippen LogP contribution in [0, 0.1) is 5.92 Å². The Morgan fingerprint density at radius 2 is 2.00 bits per heavy atom. The van der Waals surface area contributed by atoms with Gasteiger partial charge in [-0.15, -0.1) is 0 Å². The van der Waals surface area contributed by atoms with Gasteiger partial charge in [-0.05, 0) is 45.1 Å². The molecule has 3 unspecified atom stereocenters. The normalized spacial score (nSPS) is 32.8. The van der Waals surface area contributed by atoms with Crippen molar-refractivity contribution in [1.29, 1.82) is 0 Å². The maximum absolute atomic E-state index is 12.2. The minimum atomic E-state index is -0.627. The van der Waals surface area contributed by atoms with E-state index in [4.69, 9.17) is 4.74 Å². The Labute approximate surface area is 107 Å². The van der Waals surface area contributed by atoms with E-state index in [1.54, 1.807) is 0 Å². The molecule has 0 spiro atoms. The van der Waals surface area contributed by atoms with Gasteiger partial charge in [0.1, 0.15) is 0 Å². The Bertz CT molecular complexity index is 254. The highest BCUT2D eigenvalue weighted by Gasteiger charge is 2.27. The Hall–Kier alpha value is 0.0700. The number of rotatable bonds is 5. The molecule has 17 heavy (non-hydrogen) atoms. The van der Waals surface area contributed by atoms with Gasteiger partial charge >= 0.3 is 0 Å². The second-order valence-corrected chi connectivity index (χ2v) is 7.11. The summed E-state index contributed by atoms with van der Waals surface area (Å²) in [4.78, 5) is 0. The number of nitrogens with one attached hydrogen (secondary N) is 1. The molecule has 1 saturated carbocycles. The third-order valence-electron chi connectivity index (χ3n) is 4.26. The van der Waals surface area contributed by atoms with Crippen LogP contribution < -0.4 is 5.32 Å². The molecule has 0 aromatic rings.